The second-order valence-corrected chi connectivity index (χ2v) is 7.73. The van der Waals surface area contributed by atoms with Crippen molar-refractivity contribution in [3.63, 3.8) is 0 Å². The van der Waals surface area contributed by atoms with Gasteiger partial charge in [0.2, 0.25) is 0 Å². The quantitative estimate of drug-likeness (QED) is 0.509. The number of aromatic nitrogens is 2. The molecule has 0 bridgehead atoms. The van der Waals surface area contributed by atoms with Gasteiger partial charge in [-0.2, -0.15) is 9.78 Å². The third-order valence-electron chi connectivity index (χ3n) is 3.90. The van der Waals surface area contributed by atoms with Gasteiger partial charge in [-0.1, -0.05) is 27.5 Å². The summed E-state index contributed by atoms with van der Waals surface area (Å²) in [6.07, 6.45) is 1.44. The lowest BCUT2D eigenvalue weighted by atomic mass is 10.2. The molecule has 0 saturated carbocycles. The maximum atomic E-state index is 12.9. The summed E-state index contributed by atoms with van der Waals surface area (Å²) in [5, 5.41) is 5.29. The number of fused-ring (bicyclic) bond motifs is 1. The number of rotatable bonds is 5. The van der Waals surface area contributed by atoms with Gasteiger partial charge in [0.1, 0.15) is 5.82 Å². The molecule has 3 rings (SSSR count). The molecule has 0 spiro atoms. The Kier molecular flexibility index (Phi) is 6.05. The van der Waals surface area contributed by atoms with E-state index in [4.69, 9.17) is 21.1 Å². The highest BCUT2D eigenvalue weighted by molar-refractivity contribution is 9.10. The van der Waals surface area contributed by atoms with Crippen molar-refractivity contribution < 1.29 is 9.47 Å². The Hall–Kier alpha value is -2.38. The standard InChI is InChI=1S/C20H19BrClN3O3/c1-11(2)28-19-13(7-15(22)9-18(19)27-4)10-23-25-12(3)24-17-6-5-14(21)8-16(17)20(25)26/h5-11H,1-4H3. The van der Waals surface area contributed by atoms with E-state index in [1.54, 1.807) is 38.3 Å². The lowest BCUT2D eigenvalue weighted by molar-refractivity contribution is 0.230. The molecule has 0 fully saturated rings. The summed E-state index contributed by atoms with van der Waals surface area (Å²) in [4.78, 5) is 17.3. The predicted molar refractivity (Wildman–Crippen MR) is 115 cm³/mol. The zero-order valence-electron chi connectivity index (χ0n) is 15.9. The van der Waals surface area contributed by atoms with E-state index in [0.717, 1.165) is 4.47 Å². The maximum absolute atomic E-state index is 12.9. The molecule has 8 heteroatoms. The van der Waals surface area contributed by atoms with Crippen LogP contribution in [-0.4, -0.2) is 29.1 Å². The van der Waals surface area contributed by atoms with Crippen LogP contribution in [0.2, 0.25) is 5.02 Å². The third-order valence-corrected chi connectivity index (χ3v) is 4.62. The minimum absolute atomic E-state index is 0.0774. The Morgan fingerprint density at radius 2 is 2.04 bits per heavy atom. The van der Waals surface area contributed by atoms with Gasteiger partial charge in [-0.3, -0.25) is 4.79 Å². The van der Waals surface area contributed by atoms with Crippen molar-refractivity contribution in [3.8, 4) is 11.5 Å². The van der Waals surface area contributed by atoms with Gasteiger partial charge in [0.05, 0.1) is 30.3 Å². The molecule has 0 aliphatic rings. The van der Waals surface area contributed by atoms with Gasteiger partial charge < -0.3 is 9.47 Å². The first-order valence-electron chi connectivity index (χ1n) is 8.57. The second-order valence-electron chi connectivity index (χ2n) is 6.38. The van der Waals surface area contributed by atoms with Crippen molar-refractivity contribution in [2.45, 2.75) is 26.9 Å². The number of halogens is 2. The molecule has 3 aromatic rings. The first-order valence-corrected chi connectivity index (χ1v) is 9.74. The zero-order valence-corrected chi connectivity index (χ0v) is 18.2. The molecule has 1 heterocycles. The zero-order chi connectivity index (χ0) is 20.4. The predicted octanol–water partition coefficient (Wildman–Crippen LogP) is 4.80. The van der Waals surface area contributed by atoms with Crippen LogP contribution in [0.15, 0.2) is 44.7 Å². The minimum atomic E-state index is -0.264. The number of methoxy groups -OCH3 is 1. The molecular formula is C20H19BrClN3O3. The molecule has 0 atom stereocenters. The van der Waals surface area contributed by atoms with E-state index in [0.29, 0.717) is 38.8 Å². The summed E-state index contributed by atoms with van der Waals surface area (Å²) < 4.78 is 13.3. The summed E-state index contributed by atoms with van der Waals surface area (Å²) in [5.41, 5.74) is 0.949. The van der Waals surface area contributed by atoms with Gasteiger partial charge in [-0.05, 0) is 45.0 Å². The fraction of sp³-hybridized carbons (Fsp3) is 0.250. The number of hydrogen-bond acceptors (Lipinski definition) is 5. The molecule has 0 amide bonds. The van der Waals surface area contributed by atoms with Crippen LogP contribution in [0, 0.1) is 6.92 Å². The number of nitrogens with zero attached hydrogens (tertiary/aromatic N) is 3. The van der Waals surface area contributed by atoms with Crippen LogP contribution in [0.3, 0.4) is 0 Å². The van der Waals surface area contributed by atoms with Gasteiger partial charge in [0.15, 0.2) is 11.5 Å². The van der Waals surface area contributed by atoms with E-state index in [2.05, 4.69) is 26.0 Å². The molecule has 2 aromatic carbocycles. The van der Waals surface area contributed by atoms with Crippen molar-refractivity contribution in [1.82, 2.24) is 9.66 Å². The van der Waals surface area contributed by atoms with Crippen molar-refractivity contribution in [2.24, 2.45) is 5.10 Å². The highest BCUT2D eigenvalue weighted by atomic mass is 79.9. The van der Waals surface area contributed by atoms with E-state index in [1.807, 2.05) is 19.9 Å². The number of benzene rings is 2. The second kappa shape index (κ2) is 8.32. The number of aryl methyl sites for hydroxylation is 1. The Labute approximate surface area is 175 Å². The normalized spacial score (nSPS) is 11.5. The Morgan fingerprint density at radius 3 is 2.71 bits per heavy atom. The molecule has 1 aromatic heterocycles. The van der Waals surface area contributed by atoms with Crippen LogP contribution in [-0.2, 0) is 0 Å². The number of hydrogen-bond donors (Lipinski definition) is 0. The Balaban J connectivity index is 2.14. The molecule has 0 radical (unpaired) electrons. The first kappa shape index (κ1) is 20.4. The van der Waals surface area contributed by atoms with Crippen molar-refractivity contribution in [3.05, 3.63) is 61.6 Å². The summed E-state index contributed by atoms with van der Waals surface area (Å²) >= 11 is 9.58. The van der Waals surface area contributed by atoms with Gasteiger partial charge in [-0.15, -0.1) is 0 Å². The average Bonchev–Trinajstić information content (AvgIpc) is 2.63. The monoisotopic (exact) mass is 463 g/mol. The van der Waals surface area contributed by atoms with E-state index in [-0.39, 0.29) is 11.7 Å². The smallest absolute Gasteiger partial charge is 0.282 e. The van der Waals surface area contributed by atoms with Gasteiger partial charge >= 0.3 is 0 Å². The molecule has 146 valence electrons. The summed E-state index contributed by atoms with van der Waals surface area (Å²) in [6.45, 7) is 5.55. The lowest BCUT2D eigenvalue weighted by Crippen LogP contribution is -2.20. The molecule has 0 N–H and O–H groups in total. The minimum Gasteiger partial charge on any atom is -0.493 e. The van der Waals surface area contributed by atoms with Gasteiger partial charge in [-0.25, -0.2) is 4.98 Å². The van der Waals surface area contributed by atoms with Crippen LogP contribution < -0.4 is 15.0 Å². The fourth-order valence-electron chi connectivity index (χ4n) is 2.71. The van der Waals surface area contributed by atoms with Crippen molar-refractivity contribution in [2.75, 3.05) is 7.11 Å². The third kappa shape index (κ3) is 4.20. The Bertz CT molecular complexity index is 1130. The summed E-state index contributed by atoms with van der Waals surface area (Å²) in [6, 6.07) is 8.74. The van der Waals surface area contributed by atoms with Crippen LogP contribution in [0.1, 0.15) is 25.2 Å². The SMILES string of the molecule is COc1cc(Cl)cc(C=Nn2c(C)nc3ccc(Br)cc3c2=O)c1OC(C)C. The maximum Gasteiger partial charge on any atom is 0.282 e. The molecule has 0 saturated heterocycles. The molecule has 0 unspecified atom stereocenters. The Morgan fingerprint density at radius 1 is 1.29 bits per heavy atom. The van der Waals surface area contributed by atoms with Gasteiger partial charge in [0, 0.05) is 21.1 Å². The average molecular weight is 465 g/mol. The first-order chi connectivity index (χ1) is 13.3. The highest BCUT2D eigenvalue weighted by Gasteiger charge is 2.14. The van der Waals surface area contributed by atoms with Crippen LogP contribution in [0.4, 0.5) is 0 Å². The lowest BCUT2D eigenvalue weighted by Gasteiger charge is -2.16. The molecule has 0 aliphatic carbocycles. The van der Waals surface area contributed by atoms with Crippen LogP contribution >= 0.6 is 27.5 Å². The topological polar surface area (TPSA) is 65.7 Å². The molecular weight excluding hydrogens is 446 g/mol. The van der Waals surface area contributed by atoms with Crippen LogP contribution in [0.25, 0.3) is 10.9 Å². The van der Waals surface area contributed by atoms with E-state index >= 15 is 0 Å². The van der Waals surface area contributed by atoms with Crippen molar-refractivity contribution >= 4 is 44.6 Å². The largest absolute Gasteiger partial charge is 0.493 e. The summed E-state index contributed by atoms with van der Waals surface area (Å²) in [7, 11) is 1.54. The molecule has 6 nitrogen and oxygen atoms in total. The van der Waals surface area contributed by atoms with E-state index < -0.39 is 0 Å². The fourth-order valence-corrected chi connectivity index (χ4v) is 3.29. The van der Waals surface area contributed by atoms with Crippen molar-refractivity contribution in [1.29, 1.82) is 0 Å². The molecule has 28 heavy (non-hydrogen) atoms. The highest BCUT2D eigenvalue weighted by Crippen LogP contribution is 2.34. The van der Waals surface area contributed by atoms with Gasteiger partial charge in [0.25, 0.3) is 5.56 Å². The van der Waals surface area contributed by atoms with Crippen LogP contribution in [0.5, 0.6) is 11.5 Å². The van der Waals surface area contributed by atoms with E-state index in [1.165, 1.54) is 10.9 Å². The number of ether oxygens (including phenoxy) is 2. The summed E-state index contributed by atoms with van der Waals surface area (Å²) in [5.74, 6) is 1.47. The van der Waals surface area contributed by atoms with E-state index in [9.17, 15) is 4.79 Å². The molecule has 0 aliphatic heterocycles.